The fourth-order valence-corrected chi connectivity index (χ4v) is 0.655. The summed E-state index contributed by atoms with van der Waals surface area (Å²) in [5, 5.41) is 11.4. The number of hydrogen-bond acceptors (Lipinski definition) is 2. The van der Waals surface area contributed by atoms with Crippen molar-refractivity contribution in [3.05, 3.63) is 12.3 Å². The minimum Gasteiger partial charge on any atom is -0.857 e. The maximum atomic E-state index is 8.25. The third-order valence-corrected chi connectivity index (χ3v) is 1.03. The molecule has 0 unspecified atom stereocenters. The van der Waals surface area contributed by atoms with Crippen molar-refractivity contribution in [1.82, 2.24) is 5.32 Å². The summed E-state index contributed by atoms with van der Waals surface area (Å²) in [5.41, 5.74) is 1.20. The van der Waals surface area contributed by atoms with Crippen LogP contribution in [0.4, 0.5) is 0 Å². The molecule has 1 aliphatic heterocycles. The van der Waals surface area contributed by atoms with Crippen molar-refractivity contribution in [3.8, 4) is 0 Å². The predicted molar refractivity (Wildman–Crippen MR) is 32.3 cm³/mol. The molecule has 1 rings (SSSR count). The van der Waals surface area contributed by atoms with Gasteiger partial charge < -0.3 is 10.4 Å². The van der Waals surface area contributed by atoms with E-state index in [-0.39, 0.29) is 29.6 Å². The molecule has 0 aliphatic carbocycles. The molecule has 2 nitrogen and oxygen atoms in total. The molecule has 1 saturated heterocycles. The number of nitrogens with one attached hydrogen (secondary N) is 1. The maximum Gasteiger partial charge on any atom is 1.00 e. The van der Waals surface area contributed by atoms with Gasteiger partial charge in [0.25, 0.3) is 0 Å². The Morgan fingerprint density at radius 2 is 2.11 bits per heavy atom. The Morgan fingerprint density at radius 1 is 1.56 bits per heavy atom. The fourth-order valence-electron chi connectivity index (χ4n) is 0.655. The van der Waals surface area contributed by atoms with Crippen LogP contribution in [0.5, 0.6) is 0 Å². The van der Waals surface area contributed by atoms with E-state index in [0.29, 0.717) is 0 Å². The SMILES string of the molecule is C=C1CCCN1.C[O-].[Na+]. The van der Waals surface area contributed by atoms with E-state index in [9.17, 15) is 0 Å². The van der Waals surface area contributed by atoms with E-state index in [1.54, 1.807) is 0 Å². The van der Waals surface area contributed by atoms with Gasteiger partial charge in [0.2, 0.25) is 0 Å². The molecule has 0 amide bonds. The Hall–Kier alpha value is 0.500. The molecule has 0 spiro atoms. The van der Waals surface area contributed by atoms with Gasteiger partial charge in [-0.3, -0.25) is 0 Å². The van der Waals surface area contributed by atoms with E-state index >= 15 is 0 Å². The summed E-state index contributed by atoms with van der Waals surface area (Å²) in [7, 11) is 0.750. The van der Waals surface area contributed by atoms with Gasteiger partial charge in [-0.15, -0.1) is 0 Å². The van der Waals surface area contributed by atoms with Crippen LogP contribution in [-0.2, 0) is 0 Å². The summed E-state index contributed by atoms with van der Waals surface area (Å²) in [6, 6.07) is 0. The fraction of sp³-hybridized carbons (Fsp3) is 0.667. The van der Waals surface area contributed by atoms with Crippen LogP contribution in [0.15, 0.2) is 12.3 Å². The topological polar surface area (TPSA) is 35.1 Å². The smallest absolute Gasteiger partial charge is 0.857 e. The van der Waals surface area contributed by atoms with Crippen LogP contribution in [0, 0.1) is 0 Å². The van der Waals surface area contributed by atoms with E-state index in [2.05, 4.69) is 11.9 Å². The van der Waals surface area contributed by atoms with E-state index in [1.165, 1.54) is 18.5 Å². The van der Waals surface area contributed by atoms with Crippen molar-refractivity contribution >= 4 is 0 Å². The zero-order valence-corrected chi connectivity index (χ0v) is 8.24. The molecule has 9 heavy (non-hydrogen) atoms. The van der Waals surface area contributed by atoms with Gasteiger partial charge in [0.1, 0.15) is 0 Å². The van der Waals surface area contributed by atoms with Gasteiger partial charge in [0.15, 0.2) is 0 Å². The van der Waals surface area contributed by atoms with Gasteiger partial charge in [0.05, 0.1) is 0 Å². The van der Waals surface area contributed by atoms with Gasteiger partial charge in [0, 0.05) is 12.2 Å². The summed E-state index contributed by atoms with van der Waals surface area (Å²) >= 11 is 0. The Labute approximate surface area is 78.6 Å². The van der Waals surface area contributed by atoms with E-state index in [1.807, 2.05) is 0 Å². The van der Waals surface area contributed by atoms with Crippen LogP contribution in [0.1, 0.15) is 12.8 Å². The molecule has 1 heterocycles. The predicted octanol–water partition coefficient (Wildman–Crippen LogP) is -3.14. The molecule has 1 aliphatic rings. The quantitative estimate of drug-likeness (QED) is 0.358. The van der Waals surface area contributed by atoms with Crippen molar-refractivity contribution in [2.45, 2.75) is 12.8 Å². The Balaban J connectivity index is 0. The minimum absolute atomic E-state index is 0. The number of rotatable bonds is 0. The molecule has 1 N–H and O–H groups in total. The number of allylic oxidation sites excluding steroid dienone is 1. The molecular weight excluding hydrogens is 125 g/mol. The standard InChI is InChI=1S/C5H9N.CH3O.Na/c1-5-3-2-4-6-5;1-2;/h6H,1-4H2;1H3;/q;-1;+1. The third-order valence-electron chi connectivity index (χ3n) is 1.03. The van der Waals surface area contributed by atoms with Gasteiger partial charge in [-0.25, -0.2) is 0 Å². The van der Waals surface area contributed by atoms with Crippen LogP contribution in [-0.4, -0.2) is 13.7 Å². The van der Waals surface area contributed by atoms with Gasteiger partial charge in [-0.2, -0.15) is 7.11 Å². The van der Waals surface area contributed by atoms with Crippen LogP contribution < -0.4 is 40.0 Å². The summed E-state index contributed by atoms with van der Waals surface area (Å²) in [6.07, 6.45) is 2.46. The molecule has 0 aromatic rings. The second-order valence-electron chi connectivity index (χ2n) is 1.63. The van der Waals surface area contributed by atoms with Gasteiger partial charge in [-0.1, -0.05) is 6.58 Å². The largest absolute Gasteiger partial charge is 1.00 e. The Kier molecular flexibility index (Phi) is 11.5. The monoisotopic (exact) mass is 137 g/mol. The molecule has 0 saturated carbocycles. The average molecular weight is 137 g/mol. The average Bonchev–Trinajstić information content (AvgIpc) is 2.24. The van der Waals surface area contributed by atoms with Gasteiger partial charge >= 0.3 is 29.6 Å². The molecule has 0 aromatic heterocycles. The Bertz CT molecular complexity index is 67.5. The first-order chi connectivity index (χ1) is 3.89. The maximum absolute atomic E-state index is 8.25. The summed E-state index contributed by atoms with van der Waals surface area (Å²) in [6.45, 7) is 4.88. The zero-order valence-electron chi connectivity index (χ0n) is 6.24. The molecule has 0 atom stereocenters. The van der Waals surface area contributed by atoms with Crippen molar-refractivity contribution in [2.24, 2.45) is 0 Å². The molecule has 3 heteroatoms. The van der Waals surface area contributed by atoms with Crippen LogP contribution in [0.2, 0.25) is 0 Å². The van der Waals surface area contributed by atoms with Crippen LogP contribution in [0.3, 0.4) is 0 Å². The zero-order chi connectivity index (χ0) is 6.41. The molecule has 0 bridgehead atoms. The van der Waals surface area contributed by atoms with Crippen molar-refractivity contribution in [3.63, 3.8) is 0 Å². The first-order valence-corrected chi connectivity index (χ1v) is 2.72. The minimum atomic E-state index is 0. The summed E-state index contributed by atoms with van der Waals surface area (Å²) in [5.74, 6) is 0. The van der Waals surface area contributed by atoms with Crippen molar-refractivity contribution in [1.29, 1.82) is 0 Å². The molecule has 0 aromatic carbocycles. The molecular formula is C6H12NNaO. The summed E-state index contributed by atoms with van der Waals surface area (Å²) < 4.78 is 0. The van der Waals surface area contributed by atoms with E-state index in [4.69, 9.17) is 5.11 Å². The second kappa shape index (κ2) is 8.50. The second-order valence-corrected chi connectivity index (χ2v) is 1.63. The van der Waals surface area contributed by atoms with Crippen molar-refractivity contribution < 1.29 is 34.7 Å². The van der Waals surface area contributed by atoms with Crippen molar-refractivity contribution in [2.75, 3.05) is 13.7 Å². The third kappa shape index (κ3) is 6.38. The van der Waals surface area contributed by atoms with E-state index in [0.717, 1.165) is 13.7 Å². The van der Waals surface area contributed by atoms with E-state index < -0.39 is 0 Å². The van der Waals surface area contributed by atoms with Gasteiger partial charge in [-0.05, 0) is 12.8 Å². The normalized spacial score (nSPS) is 14.7. The first-order valence-electron chi connectivity index (χ1n) is 2.72. The molecule has 48 valence electrons. The number of hydrogen-bond donors (Lipinski definition) is 1. The van der Waals surface area contributed by atoms with Crippen LogP contribution in [0.25, 0.3) is 0 Å². The molecule has 1 fully saturated rings. The molecule has 0 radical (unpaired) electrons. The van der Waals surface area contributed by atoms with Crippen LogP contribution >= 0.6 is 0 Å². The Morgan fingerprint density at radius 3 is 2.22 bits per heavy atom. The first kappa shape index (κ1) is 12.2. The summed E-state index contributed by atoms with van der Waals surface area (Å²) in [4.78, 5) is 0.